The van der Waals surface area contributed by atoms with Gasteiger partial charge in [-0.15, -0.1) is 10.2 Å². The molecule has 0 bridgehead atoms. The van der Waals surface area contributed by atoms with Gasteiger partial charge < -0.3 is 9.88 Å². The Hall–Kier alpha value is -2.51. The minimum absolute atomic E-state index is 0.254. The normalized spacial score (nSPS) is 13.7. The molecule has 2 heterocycles. The van der Waals surface area contributed by atoms with E-state index in [0.717, 1.165) is 43.5 Å². The van der Waals surface area contributed by atoms with Gasteiger partial charge in [-0.1, -0.05) is 0 Å². The maximum absolute atomic E-state index is 13.7. The summed E-state index contributed by atoms with van der Waals surface area (Å²) in [5, 5.41) is 21.9. The molecule has 0 amide bonds. The molecule has 0 fully saturated rings. The molecule has 1 aliphatic rings. The van der Waals surface area contributed by atoms with Crippen LogP contribution >= 0.6 is 0 Å². The van der Waals surface area contributed by atoms with Crippen LogP contribution in [-0.2, 0) is 19.4 Å². The second-order valence-corrected chi connectivity index (χ2v) is 5.24. The molecule has 3 rings (SSSR count). The molecule has 2 aromatic rings. The lowest BCUT2D eigenvalue weighted by molar-refractivity contribution is -0.385. The SMILES string of the molecule is O=[N+]([O-])c1ccc(NCCc2nnc3n2CCCC3)c(F)c1. The lowest BCUT2D eigenvalue weighted by Crippen LogP contribution is -2.16. The van der Waals surface area contributed by atoms with Gasteiger partial charge in [-0.05, 0) is 18.9 Å². The Balaban J connectivity index is 1.61. The first-order valence-electron chi connectivity index (χ1n) is 7.24. The number of nitro benzene ring substituents is 1. The molecule has 1 N–H and O–H groups in total. The van der Waals surface area contributed by atoms with Gasteiger partial charge in [0, 0.05) is 32.0 Å². The maximum Gasteiger partial charge on any atom is 0.272 e. The molecule has 0 atom stereocenters. The summed E-state index contributed by atoms with van der Waals surface area (Å²) >= 11 is 0. The Bertz CT molecular complexity index is 701. The number of nitrogens with one attached hydrogen (secondary N) is 1. The number of anilines is 1. The number of aromatic nitrogens is 3. The molecule has 116 valence electrons. The third-order valence-corrected chi connectivity index (χ3v) is 3.76. The van der Waals surface area contributed by atoms with Crippen LogP contribution < -0.4 is 5.32 Å². The number of nitro groups is 1. The number of aryl methyl sites for hydroxylation is 1. The van der Waals surface area contributed by atoms with Gasteiger partial charge in [-0.3, -0.25) is 10.1 Å². The Morgan fingerprint density at radius 2 is 2.23 bits per heavy atom. The molecule has 1 aromatic heterocycles. The molecule has 0 saturated carbocycles. The highest BCUT2D eigenvalue weighted by atomic mass is 19.1. The van der Waals surface area contributed by atoms with E-state index >= 15 is 0 Å². The standard InChI is InChI=1S/C14H16FN5O2/c15-11-9-10(20(21)22)4-5-12(11)16-7-6-14-18-17-13-3-1-2-8-19(13)14/h4-5,9,16H,1-3,6-8H2. The zero-order valence-electron chi connectivity index (χ0n) is 12.0. The van der Waals surface area contributed by atoms with E-state index in [2.05, 4.69) is 20.1 Å². The number of non-ortho nitro benzene ring substituents is 1. The van der Waals surface area contributed by atoms with Gasteiger partial charge in [0.15, 0.2) is 5.82 Å². The van der Waals surface area contributed by atoms with Gasteiger partial charge in [0.25, 0.3) is 5.69 Å². The smallest absolute Gasteiger partial charge is 0.272 e. The summed E-state index contributed by atoms with van der Waals surface area (Å²) in [6.07, 6.45) is 3.85. The van der Waals surface area contributed by atoms with Crippen LogP contribution in [-0.4, -0.2) is 26.2 Å². The minimum Gasteiger partial charge on any atom is -0.382 e. The Morgan fingerprint density at radius 3 is 3.00 bits per heavy atom. The second kappa shape index (κ2) is 6.08. The van der Waals surface area contributed by atoms with Crippen LogP contribution in [0.15, 0.2) is 18.2 Å². The quantitative estimate of drug-likeness (QED) is 0.676. The highest BCUT2D eigenvalue weighted by molar-refractivity contribution is 5.50. The average molecular weight is 305 g/mol. The Labute approximate surface area is 126 Å². The highest BCUT2D eigenvalue weighted by Crippen LogP contribution is 2.20. The molecular weight excluding hydrogens is 289 g/mol. The summed E-state index contributed by atoms with van der Waals surface area (Å²) in [7, 11) is 0. The number of halogens is 1. The van der Waals surface area contributed by atoms with Gasteiger partial charge in [-0.2, -0.15) is 0 Å². The van der Waals surface area contributed by atoms with Gasteiger partial charge in [-0.25, -0.2) is 4.39 Å². The van der Waals surface area contributed by atoms with Gasteiger partial charge >= 0.3 is 0 Å². The van der Waals surface area contributed by atoms with E-state index in [1.165, 1.54) is 12.1 Å². The van der Waals surface area contributed by atoms with Crippen molar-refractivity contribution < 1.29 is 9.31 Å². The van der Waals surface area contributed by atoms with E-state index in [0.29, 0.717) is 13.0 Å². The van der Waals surface area contributed by atoms with E-state index < -0.39 is 10.7 Å². The molecule has 1 aromatic carbocycles. The first kappa shape index (κ1) is 14.4. The number of nitrogens with zero attached hydrogens (tertiary/aromatic N) is 4. The lowest BCUT2D eigenvalue weighted by atomic mass is 10.1. The molecule has 0 aliphatic carbocycles. The summed E-state index contributed by atoms with van der Waals surface area (Å²) in [4.78, 5) is 9.96. The fraction of sp³-hybridized carbons (Fsp3) is 0.429. The molecule has 7 nitrogen and oxygen atoms in total. The fourth-order valence-electron chi connectivity index (χ4n) is 2.62. The molecule has 0 unspecified atom stereocenters. The predicted octanol–water partition coefficient (Wildman–Crippen LogP) is 2.32. The number of hydrogen-bond donors (Lipinski definition) is 1. The largest absolute Gasteiger partial charge is 0.382 e. The van der Waals surface area contributed by atoms with Crippen molar-refractivity contribution in [2.45, 2.75) is 32.2 Å². The van der Waals surface area contributed by atoms with E-state index in [-0.39, 0.29) is 11.4 Å². The second-order valence-electron chi connectivity index (χ2n) is 5.24. The van der Waals surface area contributed by atoms with Gasteiger partial charge in [0.2, 0.25) is 0 Å². The van der Waals surface area contributed by atoms with Gasteiger partial charge in [0.1, 0.15) is 11.6 Å². The third kappa shape index (κ3) is 2.90. The maximum atomic E-state index is 13.7. The zero-order valence-corrected chi connectivity index (χ0v) is 12.0. The summed E-state index contributed by atoms with van der Waals surface area (Å²) in [5.74, 6) is 1.28. The summed E-state index contributed by atoms with van der Waals surface area (Å²) in [6, 6.07) is 3.58. The zero-order chi connectivity index (χ0) is 15.5. The first-order valence-corrected chi connectivity index (χ1v) is 7.24. The highest BCUT2D eigenvalue weighted by Gasteiger charge is 2.15. The monoisotopic (exact) mass is 305 g/mol. The van der Waals surface area contributed by atoms with Crippen LogP contribution in [0.2, 0.25) is 0 Å². The summed E-state index contributed by atoms with van der Waals surface area (Å²) in [5.41, 5.74) is -0.00133. The molecule has 0 spiro atoms. The van der Waals surface area contributed by atoms with E-state index in [1.54, 1.807) is 0 Å². The van der Waals surface area contributed by atoms with E-state index in [9.17, 15) is 14.5 Å². The average Bonchev–Trinajstić information content (AvgIpc) is 2.92. The van der Waals surface area contributed by atoms with Crippen LogP contribution in [0.1, 0.15) is 24.5 Å². The number of fused-ring (bicyclic) bond motifs is 1. The number of benzene rings is 1. The van der Waals surface area contributed by atoms with Crippen molar-refractivity contribution in [3.05, 3.63) is 45.8 Å². The molecule has 0 radical (unpaired) electrons. The third-order valence-electron chi connectivity index (χ3n) is 3.76. The van der Waals surface area contributed by atoms with Crippen molar-refractivity contribution in [2.75, 3.05) is 11.9 Å². The van der Waals surface area contributed by atoms with Crippen molar-refractivity contribution in [3.63, 3.8) is 0 Å². The van der Waals surface area contributed by atoms with Crippen LogP contribution in [0.4, 0.5) is 15.8 Å². The molecule has 0 saturated heterocycles. The van der Waals surface area contributed by atoms with E-state index in [4.69, 9.17) is 0 Å². The van der Waals surface area contributed by atoms with Gasteiger partial charge in [0.05, 0.1) is 16.7 Å². The molecular formula is C14H16FN5O2. The van der Waals surface area contributed by atoms with Crippen molar-refractivity contribution >= 4 is 11.4 Å². The van der Waals surface area contributed by atoms with Crippen molar-refractivity contribution in [1.29, 1.82) is 0 Å². The summed E-state index contributed by atoms with van der Waals surface area (Å²) < 4.78 is 15.9. The van der Waals surface area contributed by atoms with E-state index in [1.807, 2.05) is 0 Å². The first-order chi connectivity index (χ1) is 10.6. The van der Waals surface area contributed by atoms with Crippen molar-refractivity contribution in [1.82, 2.24) is 14.8 Å². The van der Waals surface area contributed by atoms with Crippen LogP contribution in [0.5, 0.6) is 0 Å². The fourth-order valence-corrected chi connectivity index (χ4v) is 2.62. The van der Waals surface area contributed by atoms with Crippen molar-refractivity contribution in [2.24, 2.45) is 0 Å². The Kier molecular flexibility index (Phi) is 3.99. The molecule has 8 heteroatoms. The summed E-state index contributed by atoms with van der Waals surface area (Å²) in [6.45, 7) is 1.43. The number of hydrogen-bond acceptors (Lipinski definition) is 5. The lowest BCUT2D eigenvalue weighted by Gasteiger charge is -2.15. The van der Waals surface area contributed by atoms with Crippen LogP contribution in [0.25, 0.3) is 0 Å². The topological polar surface area (TPSA) is 85.9 Å². The van der Waals surface area contributed by atoms with Crippen molar-refractivity contribution in [3.8, 4) is 0 Å². The predicted molar refractivity (Wildman–Crippen MR) is 78.2 cm³/mol. The van der Waals surface area contributed by atoms with Crippen LogP contribution in [0.3, 0.4) is 0 Å². The Morgan fingerprint density at radius 1 is 1.36 bits per heavy atom. The minimum atomic E-state index is -0.627. The van der Waals surface area contributed by atoms with Crippen LogP contribution in [0, 0.1) is 15.9 Å². The molecule has 22 heavy (non-hydrogen) atoms. The number of rotatable bonds is 5. The molecule has 1 aliphatic heterocycles.